The number of amides is 2. The number of hydrogen-bond acceptors (Lipinski definition) is 9. The average Bonchev–Trinajstić information content (AvgIpc) is 3.46. The van der Waals surface area contributed by atoms with Gasteiger partial charge in [-0.3, -0.25) is 14.2 Å². The second-order valence-corrected chi connectivity index (χ2v) is 8.33. The van der Waals surface area contributed by atoms with Gasteiger partial charge in [0.05, 0.1) is 29.1 Å². The van der Waals surface area contributed by atoms with E-state index in [-0.39, 0.29) is 27.8 Å². The van der Waals surface area contributed by atoms with Crippen molar-refractivity contribution in [2.75, 3.05) is 17.7 Å². The first kappa shape index (κ1) is 23.3. The fourth-order valence-corrected chi connectivity index (χ4v) is 4.67. The molecule has 0 saturated carbocycles. The highest BCUT2D eigenvalue weighted by Crippen LogP contribution is 2.34. The molecule has 0 aliphatic carbocycles. The van der Waals surface area contributed by atoms with Gasteiger partial charge in [-0.15, -0.1) is 28.1 Å². The minimum Gasteiger partial charge on any atom is -0.462 e. The van der Waals surface area contributed by atoms with Crippen LogP contribution in [0, 0.1) is 6.92 Å². The summed E-state index contributed by atoms with van der Waals surface area (Å²) in [5.74, 6) is -0.671. The van der Waals surface area contributed by atoms with E-state index in [1.54, 1.807) is 36.6 Å². The van der Waals surface area contributed by atoms with Crippen LogP contribution in [-0.2, 0) is 16.1 Å². The Bertz CT molecular complexity index is 1150. The minimum atomic E-state index is -0.684. The molecule has 3 heterocycles. The molecule has 0 fully saturated rings. The maximum Gasteiger partial charge on any atom is 0.341 e. The van der Waals surface area contributed by atoms with Crippen LogP contribution >= 0.6 is 23.1 Å². The Labute approximate surface area is 191 Å². The third kappa shape index (κ3) is 4.92. The molecule has 0 saturated heterocycles. The number of esters is 1. The Morgan fingerprint density at radius 1 is 1.41 bits per heavy atom. The van der Waals surface area contributed by atoms with Crippen LogP contribution in [0.3, 0.4) is 0 Å². The van der Waals surface area contributed by atoms with E-state index in [1.165, 1.54) is 6.26 Å². The summed E-state index contributed by atoms with van der Waals surface area (Å²) in [6.07, 6.45) is 3.22. The van der Waals surface area contributed by atoms with Crippen molar-refractivity contribution in [2.24, 2.45) is 5.73 Å². The van der Waals surface area contributed by atoms with Crippen LogP contribution in [0.2, 0.25) is 0 Å². The Morgan fingerprint density at radius 2 is 2.19 bits per heavy atom. The summed E-state index contributed by atoms with van der Waals surface area (Å²) in [6.45, 7) is 7.57. The zero-order valence-corrected chi connectivity index (χ0v) is 19.0. The quantitative estimate of drug-likeness (QED) is 0.259. The summed E-state index contributed by atoms with van der Waals surface area (Å²) in [4.78, 5) is 36.9. The number of thiophene rings is 1. The highest BCUT2D eigenvalue weighted by Gasteiger charge is 2.26. The van der Waals surface area contributed by atoms with Gasteiger partial charge in [-0.2, -0.15) is 0 Å². The minimum absolute atomic E-state index is 0.0153. The molecular formula is C20H21N5O5S2. The van der Waals surface area contributed by atoms with Gasteiger partial charge in [0.15, 0.2) is 10.9 Å². The second-order valence-electron chi connectivity index (χ2n) is 6.36. The van der Waals surface area contributed by atoms with Gasteiger partial charge in [0.1, 0.15) is 5.00 Å². The molecular weight excluding hydrogens is 454 g/mol. The number of nitrogens with zero attached hydrogens (tertiary/aromatic N) is 3. The molecule has 12 heteroatoms. The molecule has 0 aromatic carbocycles. The molecule has 0 atom stereocenters. The van der Waals surface area contributed by atoms with Crippen LogP contribution in [0.4, 0.5) is 5.00 Å². The van der Waals surface area contributed by atoms with Gasteiger partial charge in [0, 0.05) is 6.54 Å². The van der Waals surface area contributed by atoms with E-state index in [0.29, 0.717) is 28.8 Å². The Kier molecular flexibility index (Phi) is 7.49. The van der Waals surface area contributed by atoms with Gasteiger partial charge in [-0.1, -0.05) is 17.8 Å². The maximum absolute atomic E-state index is 12.6. The normalized spacial score (nSPS) is 10.7. The fraction of sp³-hybridized carbons (Fsp3) is 0.250. The van der Waals surface area contributed by atoms with Crippen LogP contribution in [0.25, 0.3) is 11.6 Å². The Hall–Kier alpha value is -3.38. The zero-order chi connectivity index (χ0) is 23.3. The van der Waals surface area contributed by atoms with Crippen molar-refractivity contribution >= 4 is 45.9 Å². The molecule has 0 bridgehead atoms. The van der Waals surface area contributed by atoms with E-state index in [1.807, 2.05) is 0 Å². The molecule has 0 aliphatic heterocycles. The molecule has 0 aliphatic rings. The summed E-state index contributed by atoms with van der Waals surface area (Å²) in [7, 11) is 0. The van der Waals surface area contributed by atoms with Crippen LogP contribution in [-0.4, -0.2) is 44.9 Å². The van der Waals surface area contributed by atoms with E-state index >= 15 is 0 Å². The molecule has 3 rings (SSSR count). The summed E-state index contributed by atoms with van der Waals surface area (Å²) in [5.41, 5.74) is 5.89. The third-order valence-corrected chi connectivity index (χ3v) is 6.39. The summed E-state index contributed by atoms with van der Waals surface area (Å²) >= 11 is 2.10. The maximum atomic E-state index is 12.6. The first-order valence-electron chi connectivity index (χ1n) is 9.48. The van der Waals surface area contributed by atoms with Crippen LogP contribution in [0.15, 0.2) is 40.6 Å². The zero-order valence-electron chi connectivity index (χ0n) is 17.4. The Balaban J connectivity index is 1.77. The second kappa shape index (κ2) is 10.3. The van der Waals surface area contributed by atoms with Crippen molar-refractivity contribution in [3.05, 3.63) is 47.1 Å². The van der Waals surface area contributed by atoms with E-state index in [0.717, 1.165) is 23.1 Å². The van der Waals surface area contributed by atoms with Crippen molar-refractivity contribution in [3.8, 4) is 11.6 Å². The number of thioether (sulfide) groups is 1. The van der Waals surface area contributed by atoms with Crippen molar-refractivity contribution < 1.29 is 23.5 Å². The van der Waals surface area contributed by atoms with E-state index in [9.17, 15) is 14.4 Å². The SMILES string of the molecule is C=CCn1c(SCC(=O)Nc2sc(C(N)=O)c(C)c2C(=O)OCC)nnc1-c1ccco1. The number of allylic oxidation sites excluding steroid dienone is 1. The number of carbonyl (C=O) groups excluding carboxylic acids is 3. The number of primary amides is 1. The van der Waals surface area contributed by atoms with Gasteiger partial charge in [-0.25, -0.2) is 4.79 Å². The van der Waals surface area contributed by atoms with Gasteiger partial charge in [0.25, 0.3) is 5.91 Å². The molecule has 32 heavy (non-hydrogen) atoms. The lowest BCUT2D eigenvalue weighted by molar-refractivity contribution is -0.113. The molecule has 0 unspecified atom stereocenters. The van der Waals surface area contributed by atoms with Crippen molar-refractivity contribution in [2.45, 2.75) is 25.5 Å². The molecule has 3 aromatic rings. The van der Waals surface area contributed by atoms with Crippen molar-refractivity contribution in [1.29, 1.82) is 0 Å². The number of anilines is 1. The first-order valence-corrected chi connectivity index (χ1v) is 11.3. The molecule has 0 radical (unpaired) electrons. The monoisotopic (exact) mass is 475 g/mol. The number of hydrogen-bond donors (Lipinski definition) is 2. The number of nitrogens with two attached hydrogens (primary N) is 1. The molecule has 3 N–H and O–H groups in total. The average molecular weight is 476 g/mol. The lowest BCUT2D eigenvalue weighted by atomic mass is 10.1. The van der Waals surface area contributed by atoms with E-state index < -0.39 is 17.8 Å². The van der Waals surface area contributed by atoms with Crippen molar-refractivity contribution in [3.63, 3.8) is 0 Å². The summed E-state index contributed by atoms with van der Waals surface area (Å²) in [5, 5.41) is 11.7. The number of ether oxygens (including phenoxy) is 1. The number of rotatable bonds is 10. The number of nitrogens with one attached hydrogen (secondary N) is 1. The lowest BCUT2D eigenvalue weighted by Crippen LogP contribution is -2.17. The van der Waals surface area contributed by atoms with E-state index in [2.05, 4.69) is 22.1 Å². The van der Waals surface area contributed by atoms with E-state index in [4.69, 9.17) is 14.9 Å². The van der Waals surface area contributed by atoms with Gasteiger partial charge in [-0.05, 0) is 31.5 Å². The topological polar surface area (TPSA) is 142 Å². The van der Waals surface area contributed by atoms with Crippen LogP contribution < -0.4 is 11.1 Å². The van der Waals surface area contributed by atoms with Crippen molar-refractivity contribution in [1.82, 2.24) is 14.8 Å². The third-order valence-electron chi connectivity index (χ3n) is 4.21. The standard InChI is InChI=1S/C20H21N5O5S2/c1-4-8-25-17(12-7-6-9-30-12)23-24-20(25)31-10-13(26)22-18-14(19(28)29-5-2)11(3)15(32-18)16(21)27/h4,6-7,9H,1,5,8,10H2,2-3H3,(H2,21,27)(H,22,26). The van der Waals surface area contributed by atoms with Crippen LogP contribution in [0.1, 0.15) is 32.5 Å². The molecule has 2 amide bonds. The number of aromatic nitrogens is 3. The van der Waals surface area contributed by atoms with Gasteiger partial charge < -0.3 is 20.2 Å². The summed E-state index contributed by atoms with van der Waals surface area (Å²) in [6, 6.07) is 3.50. The fourth-order valence-electron chi connectivity index (χ4n) is 2.86. The predicted octanol–water partition coefficient (Wildman–Crippen LogP) is 3.10. The van der Waals surface area contributed by atoms with Crippen LogP contribution in [0.5, 0.6) is 0 Å². The molecule has 0 spiro atoms. The largest absolute Gasteiger partial charge is 0.462 e. The smallest absolute Gasteiger partial charge is 0.341 e. The highest BCUT2D eigenvalue weighted by molar-refractivity contribution is 7.99. The number of furan rings is 1. The van der Waals surface area contributed by atoms with Gasteiger partial charge in [0.2, 0.25) is 11.7 Å². The first-order chi connectivity index (χ1) is 15.4. The Morgan fingerprint density at radius 3 is 2.81 bits per heavy atom. The molecule has 10 nitrogen and oxygen atoms in total. The molecule has 168 valence electrons. The number of carbonyl (C=O) groups is 3. The molecule has 3 aromatic heterocycles. The highest BCUT2D eigenvalue weighted by atomic mass is 32.2. The predicted molar refractivity (Wildman–Crippen MR) is 121 cm³/mol. The summed E-state index contributed by atoms with van der Waals surface area (Å²) < 4.78 is 12.2. The van der Waals surface area contributed by atoms with Gasteiger partial charge >= 0.3 is 5.97 Å². The lowest BCUT2D eigenvalue weighted by Gasteiger charge is -2.08.